The number of aliphatic hydroxyl groups is 1. The molecule has 2 heteroatoms. The monoisotopic (exact) mass is 207 g/mol. The van der Waals surface area contributed by atoms with Gasteiger partial charge in [-0.25, -0.2) is 0 Å². The number of rotatable bonds is 3. The number of hydrogen-bond donors (Lipinski definition) is 1. The summed E-state index contributed by atoms with van der Waals surface area (Å²) in [5.41, 5.74) is 1.45. The summed E-state index contributed by atoms with van der Waals surface area (Å²) in [5, 5.41) is 10.1. The van der Waals surface area contributed by atoms with E-state index in [2.05, 4.69) is 37.0 Å². The van der Waals surface area contributed by atoms with Crippen molar-refractivity contribution in [3.63, 3.8) is 0 Å². The Hall–Kier alpha value is -0.600. The third-order valence-corrected chi connectivity index (χ3v) is 3.75. The molecular formula is C13H21NO. The molecule has 2 rings (SSSR count). The molecule has 2 aliphatic rings. The van der Waals surface area contributed by atoms with E-state index in [4.69, 9.17) is 0 Å². The molecule has 1 unspecified atom stereocenters. The van der Waals surface area contributed by atoms with E-state index in [0.29, 0.717) is 5.92 Å². The molecule has 0 aliphatic heterocycles. The zero-order chi connectivity index (χ0) is 10.8. The molecule has 0 radical (unpaired) electrons. The molecule has 0 spiro atoms. The van der Waals surface area contributed by atoms with Gasteiger partial charge in [0.1, 0.15) is 0 Å². The lowest BCUT2D eigenvalue weighted by atomic mass is 9.93. The van der Waals surface area contributed by atoms with Crippen LogP contribution in [-0.4, -0.2) is 35.2 Å². The topological polar surface area (TPSA) is 23.5 Å². The zero-order valence-corrected chi connectivity index (χ0v) is 9.69. The van der Waals surface area contributed by atoms with E-state index in [1.807, 2.05) is 0 Å². The normalized spacial score (nSPS) is 34.4. The van der Waals surface area contributed by atoms with E-state index in [1.165, 1.54) is 5.57 Å². The molecule has 84 valence electrons. The predicted molar refractivity (Wildman–Crippen MR) is 62.7 cm³/mol. The Morgan fingerprint density at radius 2 is 2.13 bits per heavy atom. The third-order valence-electron chi connectivity index (χ3n) is 3.75. The molecule has 15 heavy (non-hydrogen) atoms. The number of fused-ring (bicyclic) bond motifs is 1. The van der Waals surface area contributed by atoms with Crippen molar-refractivity contribution in [3.8, 4) is 0 Å². The Bertz CT molecular complexity index is 278. The van der Waals surface area contributed by atoms with Gasteiger partial charge in [-0.3, -0.25) is 4.90 Å². The number of nitrogens with zero attached hydrogens (tertiary/aromatic N) is 1. The standard InChI is InChI=1S/C13H21NO/c1-3-14(4-2)13-11-8-6-5-7-10(11)9-12(13)15/h5-6,8,10,12-13,15H,3-4,7,9H2,1-2H3/t10?,12-,13+/m1/s1. The summed E-state index contributed by atoms with van der Waals surface area (Å²) in [5.74, 6) is 0.593. The average Bonchev–Trinajstić information content (AvgIpc) is 2.58. The fraction of sp³-hybridized carbons (Fsp3) is 0.692. The van der Waals surface area contributed by atoms with Gasteiger partial charge in [-0.05, 0) is 37.4 Å². The van der Waals surface area contributed by atoms with Gasteiger partial charge in [0.25, 0.3) is 0 Å². The minimum absolute atomic E-state index is 0.166. The quantitative estimate of drug-likeness (QED) is 0.764. The highest BCUT2D eigenvalue weighted by Gasteiger charge is 2.39. The van der Waals surface area contributed by atoms with Gasteiger partial charge in [0.05, 0.1) is 12.1 Å². The van der Waals surface area contributed by atoms with Crippen LogP contribution in [0, 0.1) is 5.92 Å². The molecule has 3 atom stereocenters. The number of allylic oxidation sites excluding steroid dienone is 3. The van der Waals surface area contributed by atoms with E-state index in [-0.39, 0.29) is 12.1 Å². The van der Waals surface area contributed by atoms with E-state index in [1.54, 1.807) is 0 Å². The highest BCUT2D eigenvalue weighted by molar-refractivity contribution is 5.31. The van der Waals surface area contributed by atoms with Crippen LogP contribution in [0.4, 0.5) is 0 Å². The van der Waals surface area contributed by atoms with Gasteiger partial charge in [-0.2, -0.15) is 0 Å². The van der Waals surface area contributed by atoms with E-state index in [0.717, 1.165) is 25.9 Å². The fourth-order valence-electron chi connectivity index (χ4n) is 2.98. The summed E-state index contributed by atoms with van der Waals surface area (Å²) in [6, 6.07) is 0.273. The lowest BCUT2D eigenvalue weighted by Gasteiger charge is -2.30. The number of aliphatic hydroxyl groups excluding tert-OH is 1. The van der Waals surface area contributed by atoms with Gasteiger partial charge < -0.3 is 5.11 Å². The van der Waals surface area contributed by atoms with Crippen molar-refractivity contribution < 1.29 is 5.11 Å². The van der Waals surface area contributed by atoms with Gasteiger partial charge in [0, 0.05) is 0 Å². The second-order valence-corrected chi connectivity index (χ2v) is 4.50. The van der Waals surface area contributed by atoms with Gasteiger partial charge in [0.2, 0.25) is 0 Å². The average molecular weight is 207 g/mol. The summed E-state index contributed by atoms with van der Waals surface area (Å²) in [6.45, 7) is 6.38. The van der Waals surface area contributed by atoms with Crippen molar-refractivity contribution in [1.29, 1.82) is 0 Å². The Morgan fingerprint density at radius 3 is 2.80 bits per heavy atom. The molecule has 1 fully saturated rings. The van der Waals surface area contributed by atoms with Crippen molar-refractivity contribution >= 4 is 0 Å². The molecule has 2 aliphatic carbocycles. The van der Waals surface area contributed by atoms with Crippen molar-refractivity contribution in [3.05, 3.63) is 23.8 Å². The first kappa shape index (κ1) is 10.9. The summed E-state index contributed by atoms with van der Waals surface area (Å²) < 4.78 is 0. The lowest BCUT2D eigenvalue weighted by Crippen LogP contribution is -2.41. The van der Waals surface area contributed by atoms with Crippen molar-refractivity contribution in [2.45, 2.75) is 38.8 Å². The van der Waals surface area contributed by atoms with E-state index in [9.17, 15) is 5.11 Å². The van der Waals surface area contributed by atoms with E-state index >= 15 is 0 Å². The Balaban J connectivity index is 2.21. The maximum atomic E-state index is 10.1. The minimum Gasteiger partial charge on any atom is -0.391 e. The molecule has 0 bridgehead atoms. The van der Waals surface area contributed by atoms with Crippen LogP contribution in [0.25, 0.3) is 0 Å². The third kappa shape index (κ3) is 1.88. The summed E-state index contributed by atoms with van der Waals surface area (Å²) in [6.07, 6.45) is 8.46. The van der Waals surface area contributed by atoms with Gasteiger partial charge in [-0.1, -0.05) is 32.1 Å². The maximum Gasteiger partial charge on any atom is 0.0739 e. The Kier molecular flexibility index (Phi) is 3.27. The van der Waals surface area contributed by atoms with Gasteiger partial charge in [0.15, 0.2) is 0 Å². The Labute approximate surface area is 92.3 Å². The molecule has 1 saturated carbocycles. The Morgan fingerprint density at radius 1 is 1.40 bits per heavy atom. The smallest absolute Gasteiger partial charge is 0.0739 e. The molecule has 0 aromatic rings. The van der Waals surface area contributed by atoms with Crippen LogP contribution in [0.1, 0.15) is 26.7 Å². The first-order chi connectivity index (χ1) is 7.27. The van der Waals surface area contributed by atoms with Crippen LogP contribution < -0.4 is 0 Å². The largest absolute Gasteiger partial charge is 0.391 e. The maximum absolute atomic E-state index is 10.1. The number of likely N-dealkylation sites (N-methyl/N-ethyl adjacent to an activating group) is 1. The van der Waals surface area contributed by atoms with Crippen molar-refractivity contribution in [2.75, 3.05) is 13.1 Å². The second kappa shape index (κ2) is 4.50. The summed E-state index contributed by atoms with van der Waals surface area (Å²) in [4.78, 5) is 2.37. The summed E-state index contributed by atoms with van der Waals surface area (Å²) >= 11 is 0. The highest BCUT2D eigenvalue weighted by Crippen LogP contribution is 2.39. The molecule has 2 nitrogen and oxygen atoms in total. The highest BCUT2D eigenvalue weighted by atomic mass is 16.3. The molecular weight excluding hydrogens is 186 g/mol. The molecule has 0 aromatic heterocycles. The molecule has 0 saturated heterocycles. The molecule has 0 heterocycles. The first-order valence-corrected chi connectivity index (χ1v) is 6.06. The second-order valence-electron chi connectivity index (χ2n) is 4.50. The molecule has 0 amide bonds. The van der Waals surface area contributed by atoms with Crippen LogP contribution in [-0.2, 0) is 0 Å². The van der Waals surface area contributed by atoms with Crippen molar-refractivity contribution in [2.24, 2.45) is 5.92 Å². The van der Waals surface area contributed by atoms with E-state index < -0.39 is 0 Å². The number of hydrogen-bond acceptors (Lipinski definition) is 2. The van der Waals surface area contributed by atoms with Crippen LogP contribution in [0.3, 0.4) is 0 Å². The minimum atomic E-state index is -0.166. The SMILES string of the molecule is CCN(CC)[C@H]1C2=CC=CCC2C[C@H]1O. The van der Waals surface area contributed by atoms with Crippen molar-refractivity contribution in [1.82, 2.24) is 4.90 Å². The summed E-state index contributed by atoms with van der Waals surface area (Å²) in [7, 11) is 0. The fourth-order valence-corrected chi connectivity index (χ4v) is 2.98. The zero-order valence-electron chi connectivity index (χ0n) is 9.69. The first-order valence-electron chi connectivity index (χ1n) is 6.06. The molecule has 0 aromatic carbocycles. The van der Waals surface area contributed by atoms with Crippen LogP contribution in [0.2, 0.25) is 0 Å². The lowest BCUT2D eigenvalue weighted by molar-refractivity contribution is 0.0887. The van der Waals surface area contributed by atoms with Crippen LogP contribution >= 0.6 is 0 Å². The molecule has 1 N–H and O–H groups in total. The van der Waals surface area contributed by atoms with Crippen LogP contribution in [0.15, 0.2) is 23.8 Å². The van der Waals surface area contributed by atoms with Crippen LogP contribution in [0.5, 0.6) is 0 Å². The van der Waals surface area contributed by atoms with Gasteiger partial charge >= 0.3 is 0 Å². The van der Waals surface area contributed by atoms with Gasteiger partial charge in [-0.15, -0.1) is 0 Å². The predicted octanol–water partition coefficient (Wildman–Crippen LogP) is 1.96.